The van der Waals surface area contributed by atoms with Crippen molar-refractivity contribution in [3.8, 4) is 0 Å². The highest BCUT2D eigenvalue weighted by Gasteiger charge is 2.09. The normalized spacial score (nSPS) is 10.6. The lowest BCUT2D eigenvalue weighted by Gasteiger charge is -2.04. The van der Waals surface area contributed by atoms with Crippen molar-refractivity contribution in [2.75, 3.05) is 18.5 Å². The number of rotatable bonds is 5. The average molecular weight is 235 g/mol. The van der Waals surface area contributed by atoms with E-state index in [4.69, 9.17) is 4.74 Å². The molecule has 17 heavy (non-hydrogen) atoms. The first-order valence-electron chi connectivity index (χ1n) is 5.33. The van der Waals surface area contributed by atoms with Crippen LogP contribution in [-0.2, 0) is 9.53 Å². The second-order valence-electron chi connectivity index (χ2n) is 3.42. The van der Waals surface area contributed by atoms with Gasteiger partial charge in [0.05, 0.1) is 6.33 Å². The second-order valence-corrected chi connectivity index (χ2v) is 3.42. The van der Waals surface area contributed by atoms with Gasteiger partial charge < -0.3 is 15.0 Å². The van der Waals surface area contributed by atoms with Crippen LogP contribution in [0, 0.1) is 0 Å². The van der Waals surface area contributed by atoms with Crippen LogP contribution < -0.4 is 5.32 Å². The molecule has 0 radical (unpaired) electrons. The van der Waals surface area contributed by atoms with Crippen molar-refractivity contribution in [2.45, 2.75) is 13.3 Å². The van der Waals surface area contributed by atoms with E-state index in [0.717, 1.165) is 6.42 Å². The number of amides is 1. The molecule has 0 fully saturated rings. The van der Waals surface area contributed by atoms with Crippen molar-refractivity contribution in [1.29, 1.82) is 0 Å². The molecule has 0 aliphatic heterocycles. The zero-order valence-corrected chi connectivity index (χ0v) is 9.43. The highest BCUT2D eigenvalue weighted by molar-refractivity contribution is 5.97. The van der Waals surface area contributed by atoms with Crippen molar-refractivity contribution < 1.29 is 9.53 Å². The van der Waals surface area contributed by atoms with Crippen molar-refractivity contribution in [3.63, 3.8) is 0 Å². The zero-order valence-electron chi connectivity index (χ0n) is 9.43. The summed E-state index contributed by atoms with van der Waals surface area (Å²) >= 11 is 0. The summed E-state index contributed by atoms with van der Waals surface area (Å²) in [7, 11) is 0. The van der Waals surface area contributed by atoms with Crippen molar-refractivity contribution in [1.82, 2.24) is 19.9 Å². The summed E-state index contributed by atoms with van der Waals surface area (Å²) in [4.78, 5) is 26.3. The maximum absolute atomic E-state index is 11.5. The quantitative estimate of drug-likeness (QED) is 0.745. The number of hydrogen-bond acceptors (Lipinski definition) is 5. The smallest absolute Gasteiger partial charge is 0.251 e. The monoisotopic (exact) mass is 235 g/mol. The van der Waals surface area contributed by atoms with Gasteiger partial charge in [-0.2, -0.15) is 0 Å². The number of anilines is 1. The van der Waals surface area contributed by atoms with Gasteiger partial charge in [-0.05, 0) is 6.42 Å². The maximum atomic E-state index is 11.5. The number of carbonyl (C=O) groups is 1. The molecular weight excluding hydrogens is 222 g/mol. The van der Waals surface area contributed by atoms with Crippen molar-refractivity contribution in [3.05, 3.63) is 12.7 Å². The summed E-state index contributed by atoms with van der Waals surface area (Å²) in [5, 5.41) is 2.64. The lowest BCUT2D eigenvalue weighted by atomic mass is 10.4. The zero-order chi connectivity index (χ0) is 12.1. The van der Waals surface area contributed by atoms with E-state index in [2.05, 4.69) is 25.3 Å². The van der Waals surface area contributed by atoms with Crippen LogP contribution in [-0.4, -0.2) is 39.1 Å². The number of nitrogens with one attached hydrogen (secondary N) is 2. The van der Waals surface area contributed by atoms with Gasteiger partial charge in [-0.3, -0.25) is 4.79 Å². The fourth-order valence-corrected chi connectivity index (χ4v) is 1.34. The Bertz CT molecular complexity index is 510. The van der Waals surface area contributed by atoms with Gasteiger partial charge in [0, 0.05) is 6.61 Å². The molecule has 1 amide bonds. The highest BCUT2D eigenvalue weighted by Crippen LogP contribution is 2.13. The molecule has 0 aromatic carbocycles. The van der Waals surface area contributed by atoms with Gasteiger partial charge in [0.2, 0.25) is 0 Å². The van der Waals surface area contributed by atoms with Gasteiger partial charge in [-0.25, -0.2) is 15.0 Å². The molecule has 7 heteroatoms. The molecule has 7 nitrogen and oxygen atoms in total. The van der Waals surface area contributed by atoms with Gasteiger partial charge in [0.15, 0.2) is 11.5 Å². The Kier molecular flexibility index (Phi) is 3.61. The van der Waals surface area contributed by atoms with Crippen LogP contribution in [0.25, 0.3) is 11.2 Å². The number of imidazole rings is 1. The Morgan fingerprint density at radius 1 is 1.47 bits per heavy atom. The lowest BCUT2D eigenvalue weighted by Crippen LogP contribution is -2.19. The molecule has 2 aromatic heterocycles. The molecule has 0 saturated carbocycles. The molecule has 2 N–H and O–H groups in total. The average Bonchev–Trinajstić information content (AvgIpc) is 2.78. The van der Waals surface area contributed by atoms with Crippen LogP contribution in [0.5, 0.6) is 0 Å². The molecule has 0 saturated heterocycles. The molecule has 0 atom stereocenters. The molecule has 2 rings (SSSR count). The number of aromatic nitrogens is 4. The minimum atomic E-state index is -0.243. The first-order valence-corrected chi connectivity index (χ1v) is 5.33. The number of carbonyl (C=O) groups excluding carboxylic acids is 1. The highest BCUT2D eigenvalue weighted by atomic mass is 16.5. The van der Waals surface area contributed by atoms with Crippen LogP contribution in [0.1, 0.15) is 13.3 Å². The Hall–Kier alpha value is -2.02. The summed E-state index contributed by atoms with van der Waals surface area (Å²) in [5.74, 6) is 0.172. The van der Waals surface area contributed by atoms with Gasteiger partial charge in [0.25, 0.3) is 5.91 Å². The summed E-state index contributed by atoms with van der Waals surface area (Å²) in [6, 6.07) is 0. The third kappa shape index (κ3) is 2.76. The van der Waals surface area contributed by atoms with Gasteiger partial charge in [-0.15, -0.1) is 0 Å². The minimum Gasteiger partial charge on any atom is -0.372 e. The molecule has 2 heterocycles. The van der Waals surface area contributed by atoms with Gasteiger partial charge in [0.1, 0.15) is 18.5 Å². The predicted octanol–water partition coefficient (Wildman–Crippen LogP) is 0.718. The Morgan fingerprint density at radius 2 is 2.35 bits per heavy atom. The third-order valence-electron chi connectivity index (χ3n) is 2.06. The Balaban J connectivity index is 2.03. The molecular formula is C10H13N5O2. The molecule has 0 spiro atoms. The van der Waals surface area contributed by atoms with Crippen LogP contribution in [0.4, 0.5) is 5.82 Å². The summed E-state index contributed by atoms with van der Waals surface area (Å²) in [6.07, 6.45) is 3.74. The predicted molar refractivity (Wildman–Crippen MR) is 61.4 cm³/mol. The Morgan fingerprint density at radius 3 is 3.18 bits per heavy atom. The first kappa shape index (κ1) is 11.5. The topological polar surface area (TPSA) is 92.8 Å². The number of aromatic amines is 1. The van der Waals surface area contributed by atoms with Crippen LogP contribution in [0.2, 0.25) is 0 Å². The second kappa shape index (κ2) is 5.35. The fourth-order valence-electron chi connectivity index (χ4n) is 1.34. The number of hydrogen-bond donors (Lipinski definition) is 2. The van der Waals surface area contributed by atoms with E-state index in [9.17, 15) is 4.79 Å². The van der Waals surface area contributed by atoms with Gasteiger partial charge in [-0.1, -0.05) is 6.92 Å². The van der Waals surface area contributed by atoms with E-state index < -0.39 is 0 Å². The van der Waals surface area contributed by atoms with E-state index in [1.165, 1.54) is 12.7 Å². The van der Waals surface area contributed by atoms with Crippen LogP contribution in [0.15, 0.2) is 12.7 Å². The Labute approximate surface area is 97.6 Å². The molecule has 2 aromatic rings. The van der Waals surface area contributed by atoms with E-state index >= 15 is 0 Å². The minimum absolute atomic E-state index is 0.0213. The standard InChI is InChI=1S/C10H13N5O2/c1-2-3-17-4-7(16)15-10-8-9(12-5-11-8)13-6-14-10/h5-6H,2-4H2,1H3,(H2,11,12,13,14,15,16). The fraction of sp³-hybridized carbons (Fsp3) is 0.400. The largest absolute Gasteiger partial charge is 0.372 e. The van der Waals surface area contributed by atoms with E-state index in [1.54, 1.807) is 0 Å². The van der Waals surface area contributed by atoms with Crippen molar-refractivity contribution >= 4 is 22.9 Å². The lowest BCUT2D eigenvalue weighted by molar-refractivity contribution is -0.120. The molecule has 0 bridgehead atoms. The summed E-state index contributed by atoms with van der Waals surface area (Å²) in [5.41, 5.74) is 1.13. The summed E-state index contributed by atoms with van der Waals surface area (Å²) < 4.78 is 5.13. The SMILES string of the molecule is CCCOCC(=O)Nc1ncnc2nc[nH]c12. The molecule has 90 valence electrons. The van der Waals surface area contributed by atoms with Crippen molar-refractivity contribution in [2.24, 2.45) is 0 Å². The summed E-state index contributed by atoms with van der Waals surface area (Å²) in [6.45, 7) is 2.57. The molecule has 0 unspecified atom stereocenters. The number of nitrogens with zero attached hydrogens (tertiary/aromatic N) is 3. The van der Waals surface area contributed by atoms with Crippen LogP contribution in [0.3, 0.4) is 0 Å². The first-order chi connectivity index (χ1) is 8.31. The third-order valence-corrected chi connectivity index (χ3v) is 2.06. The van der Waals surface area contributed by atoms with Gasteiger partial charge >= 0.3 is 0 Å². The molecule has 0 aliphatic carbocycles. The van der Waals surface area contributed by atoms with E-state index in [1.807, 2.05) is 6.92 Å². The molecule has 0 aliphatic rings. The van der Waals surface area contributed by atoms with E-state index in [-0.39, 0.29) is 12.5 Å². The maximum Gasteiger partial charge on any atom is 0.251 e. The van der Waals surface area contributed by atoms with E-state index in [0.29, 0.717) is 23.6 Å². The number of ether oxygens (including phenoxy) is 1. The van der Waals surface area contributed by atoms with Crippen LogP contribution >= 0.6 is 0 Å². The number of H-pyrrole nitrogens is 1. The number of fused-ring (bicyclic) bond motifs is 1.